The van der Waals surface area contributed by atoms with E-state index in [0.717, 1.165) is 16.6 Å². The van der Waals surface area contributed by atoms with Crippen LogP contribution in [0.2, 0.25) is 5.02 Å². The highest BCUT2D eigenvalue weighted by atomic mass is 79.9. The third-order valence-electron chi connectivity index (χ3n) is 6.06. The van der Waals surface area contributed by atoms with E-state index in [4.69, 9.17) is 16.3 Å². The molecule has 1 atom stereocenters. The second kappa shape index (κ2) is 11.3. The highest BCUT2D eigenvalue weighted by Gasteiger charge is 2.23. The fourth-order valence-corrected chi connectivity index (χ4v) is 4.83. The Labute approximate surface area is 227 Å². The normalized spacial score (nSPS) is 13.7. The molecule has 3 aromatic carbocycles. The lowest BCUT2D eigenvalue weighted by Crippen LogP contribution is -2.32. The number of carbonyl (C=O) groups is 2. The Morgan fingerprint density at radius 1 is 1.08 bits per heavy atom. The number of amides is 2. The summed E-state index contributed by atoms with van der Waals surface area (Å²) >= 11 is 9.61. The number of aromatic amines is 1. The summed E-state index contributed by atoms with van der Waals surface area (Å²) in [5.41, 5.74) is 3.46. The molecule has 0 unspecified atom stereocenters. The number of fused-ring (bicyclic) bond motifs is 1. The minimum atomic E-state index is -0.543. The van der Waals surface area contributed by atoms with Gasteiger partial charge in [-0.25, -0.2) is 4.98 Å². The molecule has 0 saturated carbocycles. The first-order valence-electron chi connectivity index (χ1n) is 11.8. The van der Waals surface area contributed by atoms with Gasteiger partial charge in [-0.05, 0) is 57.9 Å². The molecule has 0 saturated heterocycles. The van der Waals surface area contributed by atoms with Gasteiger partial charge in [0, 0.05) is 28.1 Å². The summed E-state index contributed by atoms with van der Waals surface area (Å²) in [7, 11) is 0. The maximum atomic E-state index is 13.3. The Kier molecular flexibility index (Phi) is 7.69. The van der Waals surface area contributed by atoms with Crippen LogP contribution >= 0.6 is 27.5 Å². The zero-order chi connectivity index (χ0) is 25.8. The van der Waals surface area contributed by atoms with Gasteiger partial charge >= 0.3 is 0 Å². The quantitative estimate of drug-likeness (QED) is 0.263. The number of hydrogen-bond acceptors (Lipinski definition) is 4. The van der Waals surface area contributed by atoms with E-state index in [1.54, 1.807) is 35.2 Å². The van der Waals surface area contributed by atoms with Crippen molar-refractivity contribution in [3.8, 4) is 0 Å². The van der Waals surface area contributed by atoms with Crippen molar-refractivity contribution >= 4 is 50.4 Å². The maximum absolute atomic E-state index is 13.3. The van der Waals surface area contributed by atoms with Crippen molar-refractivity contribution in [2.24, 2.45) is 0 Å². The van der Waals surface area contributed by atoms with Gasteiger partial charge in [0.15, 0.2) is 0 Å². The van der Waals surface area contributed by atoms with E-state index in [2.05, 4.69) is 31.2 Å². The number of imidazole rings is 1. The molecule has 1 aliphatic rings. The van der Waals surface area contributed by atoms with Crippen molar-refractivity contribution < 1.29 is 14.3 Å². The molecular formula is C28H24BrClN4O3. The molecule has 2 amide bonds. The Balaban J connectivity index is 1.34. The number of halogens is 2. The number of nitrogens with one attached hydrogen (secondary N) is 2. The van der Waals surface area contributed by atoms with E-state index < -0.39 is 6.04 Å². The molecule has 0 spiro atoms. The molecule has 4 aromatic rings. The number of nitrogens with zero attached hydrogens (tertiary/aromatic N) is 2. The van der Waals surface area contributed by atoms with Crippen LogP contribution in [-0.2, 0) is 11.3 Å². The highest BCUT2D eigenvalue weighted by molar-refractivity contribution is 9.10. The van der Waals surface area contributed by atoms with Gasteiger partial charge in [0.25, 0.3) is 11.8 Å². The SMILES string of the molecule is O=C(N[C@@H](COCc1ccccc1)c1nc2ccc(Cl)cc2[nH]1)c1ccc(C(=O)N2CC=CC2)c(Br)c1. The van der Waals surface area contributed by atoms with Crippen molar-refractivity contribution in [2.75, 3.05) is 19.7 Å². The molecule has 37 heavy (non-hydrogen) atoms. The van der Waals surface area contributed by atoms with Gasteiger partial charge in [-0.2, -0.15) is 0 Å². The molecule has 2 heterocycles. The smallest absolute Gasteiger partial charge is 0.255 e. The second-order valence-electron chi connectivity index (χ2n) is 8.69. The van der Waals surface area contributed by atoms with E-state index in [1.165, 1.54) is 0 Å². The number of hydrogen-bond donors (Lipinski definition) is 2. The van der Waals surface area contributed by atoms with E-state index >= 15 is 0 Å². The summed E-state index contributed by atoms with van der Waals surface area (Å²) in [4.78, 5) is 35.7. The standard InChI is InChI=1S/C28H24BrClN4O3/c29-22-14-19(8-10-21(22)28(36)34-12-4-5-13-34)27(35)33-25(17-37-16-18-6-2-1-3-7-18)26-31-23-11-9-20(30)15-24(23)32-26/h1-11,14-15,25H,12-13,16-17H2,(H,31,32)(H,33,35)/t25-/m0/s1. The maximum Gasteiger partial charge on any atom is 0.255 e. The van der Waals surface area contributed by atoms with Crippen LogP contribution in [0.1, 0.15) is 38.1 Å². The van der Waals surface area contributed by atoms with Gasteiger partial charge in [0.2, 0.25) is 0 Å². The van der Waals surface area contributed by atoms with E-state index in [-0.39, 0.29) is 18.4 Å². The van der Waals surface area contributed by atoms with Crippen molar-refractivity contribution in [2.45, 2.75) is 12.6 Å². The zero-order valence-corrected chi connectivity index (χ0v) is 22.1. The van der Waals surface area contributed by atoms with Crippen LogP contribution in [0.3, 0.4) is 0 Å². The Hall–Kier alpha value is -3.46. The minimum absolute atomic E-state index is 0.0861. The molecule has 9 heteroatoms. The first-order chi connectivity index (χ1) is 18.0. The number of carbonyl (C=O) groups excluding carboxylic acids is 2. The Morgan fingerprint density at radius 3 is 2.62 bits per heavy atom. The van der Waals surface area contributed by atoms with Gasteiger partial charge in [-0.3, -0.25) is 9.59 Å². The summed E-state index contributed by atoms with van der Waals surface area (Å²) in [6.45, 7) is 1.77. The number of rotatable bonds is 8. The molecule has 0 bridgehead atoms. The third-order valence-corrected chi connectivity index (χ3v) is 6.95. The molecule has 0 radical (unpaired) electrons. The summed E-state index contributed by atoms with van der Waals surface area (Å²) in [5.74, 6) is 0.164. The molecule has 5 rings (SSSR count). The lowest BCUT2D eigenvalue weighted by Gasteiger charge is -2.18. The van der Waals surface area contributed by atoms with Crippen LogP contribution in [0.4, 0.5) is 0 Å². The highest BCUT2D eigenvalue weighted by Crippen LogP contribution is 2.24. The van der Waals surface area contributed by atoms with Gasteiger partial charge < -0.3 is 19.9 Å². The first kappa shape index (κ1) is 25.2. The molecule has 0 aliphatic carbocycles. The first-order valence-corrected chi connectivity index (χ1v) is 13.0. The van der Waals surface area contributed by atoms with E-state index in [0.29, 0.717) is 46.1 Å². The second-order valence-corrected chi connectivity index (χ2v) is 9.98. The fraction of sp³-hybridized carbons (Fsp3) is 0.179. The number of aromatic nitrogens is 2. The van der Waals surface area contributed by atoms with Gasteiger partial charge in [0.05, 0.1) is 29.8 Å². The topological polar surface area (TPSA) is 87.3 Å². The third kappa shape index (κ3) is 5.93. The predicted octanol–water partition coefficient (Wildman–Crippen LogP) is 5.68. The lowest BCUT2D eigenvalue weighted by atomic mass is 10.1. The lowest BCUT2D eigenvalue weighted by molar-refractivity contribution is 0.0782. The summed E-state index contributed by atoms with van der Waals surface area (Å²) in [5, 5.41) is 3.62. The van der Waals surface area contributed by atoms with Crippen LogP contribution in [0.25, 0.3) is 11.0 Å². The fourth-order valence-electron chi connectivity index (χ4n) is 4.11. The van der Waals surface area contributed by atoms with Crippen LogP contribution in [0.5, 0.6) is 0 Å². The summed E-state index contributed by atoms with van der Waals surface area (Å²) < 4.78 is 6.52. The van der Waals surface area contributed by atoms with Crippen LogP contribution in [0.15, 0.2) is 83.4 Å². The predicted molar refractivity (Wildman–Crippen MR) is 147 cm³/mol. The number of ether oxygens (including phenoxy) is 1. The van der Waals surface area contributed by atoms with Crippen LogP contribution < -0.4 is 5.32 Å². The number of H-pyrrole nitrogens is 1. The van der Waals surface area contributed by atoms with Crippen LogP contribution in [-0.4, -0.2) is 46.4 Å². The molecule has 188 valence electrons. The zero-order valence-electron chi connectivity index (χ0n) is 19.8. The van der Waals surface area contributed by atoms with Gasteiger partial charge in [0.1, 0.15) is 11.9 Å². The van der Waals surface area contributed by atoms with Crippen molar-refractivity contribution in [1.29, 1.82) is 0 Å². The van der Waals surface area contributed by atoms with Crippen LogP contribution in [0, 0.1) is 0 Å². The van der Waals surface area contributed by atoms with E-state index in [9.17, 15) is 9.59 Å². The summed E-state index contributed by atoms with van der Waals surface area (Å²) in [6.07, 6.45) is 3.92. The molecule has 7 nitrogen and oxygen atoms in total. The number of benzene rings is 3. The average molecular weight is 580 g/mol. The minimum Gasteiger partial charge on any atom is -0.374 e. The van der Waals surface area contributed by atoms with Gasteiger partial charge in [-0.1, -0.05) is 54.1 Å². The van der Waals surface area contributed by atoms with Gasteiger partial charge in [-0.15, -0.1) is 0 Å². The van der Waals surface area contributed by atoms with Crippen molar-refractivity contribution in [3.05, 3.63) is 111 Å². The monoisotopic (exact) mass is 578 g/mol. The molecule has 0 fully saturated rings. The van der Waals surface area contributed by atoms with E-state index in [1.807, 2.05) is 48.6 Å². The largest absolute Gasteiger partial charge is 0.374 e. The Bertz CT molecular complexity index is 1460. The van der Waals surface area contributed by atoms with Crippen molar-refractivity contribution in [3.63, 3.8) is 0 Å². The Morgan fingerprint density at radius 2 is 1.86 bits per heavy atom. The van der Waals surface area contributed by atoms with Crippen molar-refractivity contribution in [1.82, 2.24) is 20.2 Å². The average Bonchev–Trinajstić information content (AvgIpc) is 3.58. The summed E-state index contributed by atoms with van der Waals surface area (Å²) in [6, 6.07) is 19.6. The molecule has 1 aromatic heterocycles. The molecular weight excluding hydrogens is 556 g/mol. The molecule has 1 aliphatic heterocycles. The molecule has 2 N–H and O–H groups in total.